The van der Waals surface area contributed by atoms with Crippen LogP contribution < -0.4 is 0 Å². The van der Waals surface area contributed by atoms with Gasteiger partial charge in [0.2, 0.25) is 0 Å². The van der Waals surface area contributed by atoms with Crippen LogP contribution in [0.15, 0.2) is 6.07 Å². The number of benzene rings is 1. The van der Waals surface area contributed by atoms with Crippen molar-refractivity contribution in [2.75, 3.05) is 0 Å². The van der Waals surface area contributed by atoms with Crippen LogP contribution in [0.5, 0.6) is 0 Å². The third-order valence-electron chi connectivity index (χ3n) is 2.74. The summed E-state index contributed by atoms with van der Waals surface area (Å²) in [6, 6.07) is 2.26. The second-order valence-electron chi connectivity index (χ2n) is 3.39. The van der Waals surface area contributed by atoms with E-state index >= 15 is 0 Å². The summed E-state index contributed by atoms with van der Waals surface area (Å²) in [7, 11) is 0. The van der Waals surface area contributed by atoms with Gasteiger partial charge in [-0.2, -0.15) is 0 Å². The topological polar surface area (TPSA) is 0 Å². The second kappa shape index (κ2) is 4.12. The number of hydrogen-bond donors (Lipinski definition) is 0. The smallest absolute Gasteiger partial charge is 0 e. The molecule has 0 radical (unpaired) electrons. The van der Waals surface area contributed by atoms with Gasteiger partial charge in [0.15, 0.2) is 0 Å². The Hall–Kier alpha value is -0.248. The van der Waals surface area contributed by atoms with Crippen LogP contribution in [-0.2, 0) is 17.4 Å². The molecule has 0 N–H and O–H groups in total. The van der Waals surface area contributed by atoms with Gasteiger partial charge < -0.3 is 0 Å². The number of aryl methyl sites for hydroxylation is 2. The molecule has 0 aromatic heterocycles. The van der Waals surface area contributed by atoms with E-state index in [0.29, 0.717) is 0 Å². The molecule has 0 bridgehead atoms. The third kappa shape index (κ3) is 1.91. The van der Waals surface area contributed by atoms with Crippen LogP contribution in [0.25, 0.3) is 0 Å². The molecule has 0 saturated heterocycles. The van der Waals surface area contributed by atoms with Crippen LogP contribution in [0.4, 0.5) is 0 Å². The third-order valence-corrected chi connectivity index (χ3v) is 2.74. The second-order valence-corrected chi connectivity index (χ2v) is 3.39. The molecule has 0 aliphatic rings. The Labute approximate surface area is 86.1 Å². The van der Waals surface area contributed by atoms with Gasteiger partial charge in [-0.1, -0.05) is 6.07 Å². The van der Waals surface area contributed by atoms with Crippen molar-refractivity contribution >= 4 is 0 Å². The average molecular weight is 200 g/mol. The van der Waals surface area contributed by atoms with Gasteiger partial charge in [-0.15, -0.1) is 0 Å². The van der Waals surface area contributed by atoms with Crippen LogP contribution in [-0.4, -0.2) is 0 Å². The van der Waals surface area contributed by atoms with Gasteiger partial charge in [0.05, 0.1) is 0 Å². The van der Waals surface area contributed by atoms with Crippen molar-refractivity contribution < 1.29 is 17.4 Å². The molecule has 1 aromatic rings. The minimum atomic E-state index is 0. The first-order valence-corrected chi connectivity index (χ1v) is 4.08. The maximum absolute atomic E-state index is 2.26. The van der Waals surface area contributed by atoms with Crippen molar-refractivity contribution in [3.05, 3.63) is 33.9 Å². The Morgan fingerprint density at radius 2 is 1.00 bits per heavy atom. The van der Waals surface area contributed by atoms with E-state index in [0.717, 1.165) is 0 Å². The van der Waals surface area contributed by atoms with Crippen LogP contribution in [0, 0.1) is 34.6 Å². The zero-order valence-electron chi connectivity index (χ0n) is 8.49. The minimum Gasteiger partial charge on any atom is -0.0558 e. The van der Waals surface area contributed by atoms with Crippen LogP contribution >= 0.6 is 0 Å². The summed E-state index contributed by atoms with van der Waals surface area (Å²) >= 11 is 0. The summed E-state index contributed by atoms with van der Waals surface area (Å²) in [5, 5.41) is 0. The monoisotopic (exact) mass is 200 g/mol. The fraction of sp³-hybridized carbons (Fsp3) is 0.455. The van der Waals surface area contributed by atoms with Crippen LogP contribution in [0.2, 0.25) is 0 Å². The van der Waals surface area contributed by atoms with Crippen LogP contribution in [0.1, 0.15) is 27.8 Å². The van der Waals surface area contributed by atoms with Gasteiger partial charge in [-0.05, 0) is 62.4 Å². The van der Waals surface area contributed by atoms with Crippen molar-refractivity contribution in [2.24, 2.45) is 0 Å². The summed E-state index contributed by atoms with van der Waals surface area (Å²) in [6.45, 7) is 10.9. The quantitative estimate of drug-likeness (QED) is 0.603. The Bertz CT molecular complexity index is 261. The van der Waals surface area contributed by atoms with Gasteiger partial charge >= 0.3 is 0 Å². The SMILES string of the molecule is Cc1cc(C)c(C)c(C)c1C.[Cr]. The van der Waals surface area contributed by atoms with Crippen molar-refractivity contribution in [3.63, 3.8) is 0 Å². The average Bonchev–Trinajstić information content (AvgIpc) is 1.97. The van der Waals surface area contributed by atoms with E-state index in [4.69, 9.17) is 0 Å². The van der Waals surface area contributed by atoms with Gasteiger partial charge in [0.25, 0.3) is 0 Å². The van der Waals surface area contributed by atoms with E-state index in [1.165, 1.54) is 27.8 Å². The first-order chi connectivity index (χ1) is 5.04. The zero-order valence-corrected chi connectivity index (χ0v) is 9.76. The first kappa shape index (κ1) is 11.8. The molecular weight excluding hydrogens is 184 g/mol. The molecule has 0 fully saturated rings. The summed E-state index contributed by atoms with van der Waals surface area (Å²) in [6.07, 6.45) is 0. The molecule has 0 spiro atoms. The largest absolute Gasteiger partial charge is 0.0558 e. The summed E-state index contributed by atoms with van der Waals surface area (Å²) < 4.78 is 0. The molecule has 12 heavy (non-hydrogen) atoms. The molecule has 0 saturated carbocycles. The Morgan fingerprint density at radius 1 is 0.667 bits per heavy atom. The van der Waals surface area contributed by atoms with E-state index in [1.807, 2.05) is 0 Å². The predicted molar refractivity (Wildman–Crippen MR) is 50.1 cm³/mol. The molecule has 0 nitrogen and oxygen atoms in total. The normalized spacial score (nSPS) is 9.42. The first-order valence-electron chi connectivity index (χ1n) is 4.08. The summed E-state index contributed by atoms with van der Waals surface area (Å²) in [5.74, 6) is 0. The van der Waals surface area contributed by atoms with Gasteiger partial charge in [-0.25, -0.2) is 0 Å². The molecule has 1 aromatic carbocycles. The van der Waals surface area contributed by atoms with E-state index in [1.54, 1.807) is 0 Å². The molecule has 0 atom stereocenters. The van der Waals surface area contributed by atoms with E-state index in [9.17, 15) is 0 Å². The molecule has 0 amide bonds. The summed E-state index contributed by atoms with van der Waals surface area (Å²) in [4.78, 5) is 0. The van der Waals surface area contributed by atoms with Crippen molar-refractivity contribution in [1.82, 2.24) is 0 Å². The van der Waals surface area contributed by atoms with E-state index in [-0.39, 0.29) is 17.4 Å². The molecule has 0 unspecified atom stereocenters. The molecule has 0 aliphatic carbocycles. The zero-order chi connectivity index (χ0) is 8.59. The maximum atomic E-state index is 2.26. The Kier molecular flexibility index (Phi) is 4.04. The molecule has 0 heterocycles. The fourth-order valence-electron chi connectivity index (χ4n) is 1.41. The predicted octanol–water partition coefficient (Wildman–Crippen LogP) is 3.23. The van der Waals surface area contributed by atoms with E-state index in [2.05, 4.69) is 40.7 Å². The van der Waals surface area contributed by atoms with E-state index < -0.39 is 0 Å². The van der Waals surface area contributed by atoms with Crippen LogP contribution in [0.3, 0.4) is 0 Å². The van der Waals surface area contributed by atoms with Crippen molar-refractivity contribution in [3.8, 4) is 0 Å². The molecule has 1 heteroatoms. The molecule has 66 valence electrons. The summed E-state index contributed by atoms with van der Waals surface area (Å²) in [5.41, 5.74) is 7.14. The molecule has 0 aliphatic heterocycles. The Balaban J connectivity index is 0.00000121. The van der Waals surface area contributed by atoms with Gasteiger partial charge in [0.1, 0.15) is 0 Å². The molecule has 1 rings (SSSR count). The Morgan fingerprint density at radius 3 is 1.33 bits per heavy atom. The molecular formula is C11H16Cr. The number of hydrogen-bond acceptors (Lipinski definition) is 0. The maximum Gasteiger partial charge on any atom is 0 e. The minimum absolute atomic E-state index is 0. The fourth-order valence-corrected chi connectivity index (χ4v) is 1.41. The van der Waals surface area contributed by atoms with Gasteiger partial charge in [-0.3, -0.25) is 0 Å². The standard InChI is InChI=1S/C11H16.Cr/c1-7-6-8(2)10(4)11(5)9(7)3;/h6H,1-5H3;. The number of rotatable bonds is 0. The van der Waals surface area contributed by atoms with Crippen molar-refractivity contribution in [2.45, 2.75) is 34.6 Å². The van der Waals surface area contributed by atoms with Crippen molar-refractivity contribution in [1.29, 1.82) is 0 Å². The van der Waals surface area contributed by atoms with Gasteiger partial charge in [0, 0.05) is 17.4 Å².